The Hall–Kier alpha value is -1.66. The van der Waals surface area contributed by atoms with Gasteiger partial charge in [-0.2, -0.15) is 0 Å². The second-order valence-electron chi connectivity index (χ2n) is 5.22. The molecule has 2 heterocycles. The van der Waals surface area contributed by atoms with Crippen molar-refractivity contribution < 1.29 is 9.53 Å². The zero-order valence-corrected chi connectivity index (χ0v) is 15.2. The SMILES string of the molecule is CC.COc1ccc2nc(CN3CCN(C(C)=O)CC3)sc2c1. The Balaban J connectivity index is 0.000000924. The van der Waals surface area contributed by atoms with E-state index in [-0.39, 0.29) is 5.91 Å². The highest BCUT2D eigenvalue weighted by Crippen LogP contribution is 2.27. The maximum absolute atomic E-state index is 11.3. The lowest BCUT2D eigenvalue weighted by Gasteiger charge is -2.33. The third kappa shape index (κ3) is 4.42. The van der Waals surface area contributed by atoms with E-state index in [0.717, 1.165) is 53.7 Å². The number of carbonyl (C=O) groups excluding carboxylic acids is 1. The van der Waals surface area contributed by atoms with Crippen LogP contribution in [0.4, 0.5) is 0 Å². The van der Waals surface area contributed by atoms with Crippen LogP contribution < -0.4 is 4.74 Å². The molecule has 0 spiro atoms. The highest BCUT2D eigenvalue weighted by atomic mass is 32.1. The molecule has 1 aliphatic heterocycles. The van der Waals surface area contributed by atoms with E-state index in [1.54, 1.807) is 25.4 Å². The van der Waals surface area contributed by atoms with Crippen LogP contribution in [0.1, 0.15) is 25.8 Å². The minimum Gasteiger partial charge on any atom is -0.497 e. The Morgan fingerprint density at radius 3 is 2.57 bits per heavy atom. The minimum absolute atomic E-state index is 0.168. The van der Waals surface area contributed by atoms with Gasteiger partial charge in [0.15, 0.2) is 0 Å². The smallest absolute Gasteiger partial charge is 0.219 e. The van der Waals surface area contributed by atoms with Crippen LogP contribution >= 0.6 is 11.3 Å². The van der Waals surface area contributed by atoms with Crippen molar-refractivity contribution >= 4 is 27.5 Å². The zero-order valence-electron chi connectivity index (χ0n) is 14.3. The molecule has 126 valence electrons. The van der Waals surface area contributed by atoms with Gasteiger partial charge in [0, 0.05) is 33.1 Å². The molecule has 3 rings (SSSR count). The maximum atomic E-state index is 11.3. The second-order valence-corrected chi connectivity index (χ2v) is 6.34. The van der Waals surface area contributed by atoms with Crippen molar-refractivity contribution in [2.45, 2.75) is 27.3 Å². The number of hydrogen-bond acceptors (Lipinski definition) is 5. The standard InChI is InChI=1S/C15H19N3O2S.C2H6/c1-11(19)18-7-5-17(6-8-18)10-15-16-13-4-3-12(20-2)9-14(13)21-15;1-2/h3-4,9H,5-8,10H2,1-2H3;1-2H3. The third-order valence-electron chi connectivity index (χ3n) is 3.82. The Kier molecular flexibility index (Phi) is 6.36. The normalized spacial score (nSPS) is 15.2. The predicted octanol–water partition coefficient (Wildman–Crippen LogP) is 3.00. The molecule has 0 unspecified atom stereocenters. The lowest BCUT2D eigenvalue weighted by atomic mass is 10.3. The van der Waals surface area contributed by atoms with Crippen molar-refractivity contribution in [1.82, 2.24) is 14.8 Å². The average Bonchev–Trinajstić information content (AvgIpc) is 2.98. The number of aromatic nitrogens is 1. The van der Waals surface area contributed by atoms with E-state index in [9.17, 15) is 4.79 Å². The number of piperazine rings is 1. The van der Waals surface area contributed by atoms with Crippen LogP contribution in [0.3, 0.4) is 0 Å². The molecule has 1 aromatic carbocycles. The first-order valence-corrected chi connectivity index (χ1v) is 8.88. The fourth-order valence-electron chi connectivity index (χ4n) is 2.56. The van der Waals surface area contributed by atoms with Crippen molar-refractivity contribution in [3.8, 4) is 5.75 Å². The summed E-state index contributed by atoms with van der Waals surface area (Å²) in [5, 5.41) is 1.12. The zero-order chi connectivity index (χ0) is 16.8. The van der Waals surface area contributed by atoms with Gasteiger partial charge in [0.1, 0.15) is 10.8 Å². The fraction of sp³-hybridized carbons (Fsp3) is 0.529. The van der Waals surface area contributed by atoms with E-state index >= 15 is 0 Å². The molecule has 1 fully saturated rings. The Bertz CT molecular complexity index is 648. The van der Waals surface area contributed by atoms with Gasteiger partial charge in [0.05, 0.1) is 23.9 Å². The van der Waals surface area contributed by atoms with Crippen molar-refractivity contribution in [2.24, 2.45) is 0 Å². The van der Waals surface area contributed by atoms with Gasteiger partial charge in [0.2, 0.25) is 5.91 Å². The van der Waals surface area contributed by atoms with Crippen molar-refractivity contribution in [2.75, 3.05) is 33.3 Å². The van der Waals surface area contributed by atoms with Crippen LogP contribution in [-0.2, 0) is 11.3 Å². The highest BCUT2D eigenvalue weighted by molar-refractivity contribution is 7.18. The van der Waals surface area contributed by atoms with Gasteiger partial charge in [-0.25, -0.2) is 4.98 Å². The van der Waals surface area contributed by atoms with Gasteiger partial charge in [-0.1, -0.05) is 13.8 Å². The number of fused-ring (bicyclic) bond motifs is 1. The Labute approximate surface area is 141 Å². The second kappa shape index (κ2) is 8.26. The summed E-state index contributed by atoms with van der Waals surface area (Å²) in [4.78, 5) is 20.3. The number of benzene rings is 1. The number of rotatable bonds is 3. The quantitative estimate of drug-likeness (QED) is 0.865. The molecule has 1 amide bonds. The summed E-state index contributed by atoms with van der Waals surface area (Å²) in [6.45, 7) is 9.95. The minimum atomic E-state index is 0.168. The predicted molar refractivity (Wildman–Crippen MR) is 95.1 cm³/mol. The molecule has 1 aliphatic rings. The lowest BCUT2D eigenvalue weighted by Crippen LogP contribution is -2.47. The van der Waals surface area contributed by atoms with Crippen LogP contribution in [-0.4, -0.2) is 54.0 Å². The first kappa shape index (κ1) is 17.7. The summed E-state index contributed by atoms with van der Waals surface area (Å²) < 4.78 is 6.41. The molecule has 0 saturated carbocycles. The molecule has 6 heteroatoms. The van der Waals surface area contributed by atoms with Gasteiger partial charge in [-0.05, 0) is 18.2 Å². The fourth-order valence-corrected chi connectivity index (χ4v) is 3.60. The molecule has 5 nitrogen and oxygen atoms in total. The number of amides is 1. The van der Waals surface area contributed by atoms with Gasteiger partial charge in [-0.3, -0.25) is 9.69 Å². The summed E-state index contributed by atoms with van der Waals surface area (Å²) in [5.74, 6) is 1.04. The van der Waals surface area contributed by atoms with Crippen molar-refractivity contribution in [1.29, 1.82) is 0 Å². The first-order chi connectivity index (χ1) is 11.2. The monoisotopic (exact) mass is 335 g/mol. The van der Waals surface area contributed by atoms with E-state index in [4.69, 9.17) is 4.74 Å². The summed E-state index contributed by atoms with van der Waals surface area (Å²) in [6.07, 6.45) is 0. The van der Waals surface area contributed by atoms with E-state index in [0.29, 0.717) is 0 Å². The number of ether oxygens (including phenoxy) is 1. The molecule has 0 bridgehead atoms. The maximum Gasteiger partial charge on any atom is 0.219 e. The molecule has 0 atom stereocenters. The van der Waals surface area contributed by atoms with Gasteiger partial charge in [-0.15, -0.1) is 11.3 Å². The van der Waals surface area contributed by atoms with E-state index in [1.807, 2.05) is 36.9 Å². The van der Waals surface area contributed by atoms with E-state index in [1.165, 1.54) is 0 Å². The van der Waals surface area contributed by atoms with E-state index < -0.39 is 0 Å². The van der Waals surface area contributed by atoms with Gasteiger partial charge < -0.3 is 9.64 Å². The van der Waals surface area contributed by atoms with Gasteiger partial charge in [0.25, 0.3) is 0 Å². The van der Waals surface area contributed by atoms with Crippen LogP contribution in [0.25, 0.3) is 10.2 Å². The highest BCUT2D eigenvalue weighted by Gasteiger charge is 2.19. The number of carbonyl (C=O) groups is 1. The Morgan fingerprint density at radius 2 is 1.96 bits per heavy atom. The largest absolute Gasteiger partial charge is 0.497 e. The average molecular weight is 335 g/mol. The topological polar surface area (TPSA) is 45.7 Å². The van der Waals surface area contributed by atoms with Crippen molar-refractivity contribution in [3.05, 3.63) is 23.2 Å². The molecule has 1 saturated heterocycles. The molecule has 0 radical (unpaired) electrons. The van der Waals surface area contributed by atoms with E-state index in [2.05, 4.69) is 9.88 Å². The summed E-state index contributed by atoms with van der Waals surface area (Å²) in [7, 11) is 1.68. The summed E-state index contributed by atoms with van der Waals surface area (Å²) >= 11 is 1.71. The van der Waals surface area contributed by atoms with Crippen LogP contribution in [0.15, 0.2) is 18.2 Å². The molecule has 23 heavy (non-hydrogen) atoms. The number of hydrogen-bond donors (Lipinski definition) is 0. The first-order valence-electron chi connectivity index (χ1n) is 8.07. The summed E-state index contributed by atoms with van der Waals surface area (Å²) in [5.41, 5.74) is 1.03. The van der Waals surface area contributed by atoms with Crippen LogP contribution in [0, 0.1) is 0 Å². The number of methoxy groups -OCH3 is 1. The summed E-state index contributed by atoms with van der Waals surface area (Å²) in [6, 6.07) is 5.98. The van der Waals surface area contributed by atoms with Crippen LogP contribution in [0.5, 0.6) is 5.75 Å². The van der Waals surface area contributed by atoms with Crippen molar-refractivity contribution in [3.63, 3.8) is 0 Å². The van der Waals surface area contributed by atoms with Crippen LogP contribution in [0.2, 0.25) is 0 Å². The number of thiazole rings is 1. The molecule has 1 aromatic heterocycles. The molecule has 0 N–H and O–H groups in total. The lowest BCUT2D eigenvalue weighted by molar-refractivity contribution is -0.130. The van der Waals surface area contributed by atoms with Gasteiger partial charge >= 0.3 is 0 Å². The molecule has 0 aliphatic carbocycles. The molecular weight excluding hydrogens is 310 g/mol. The third-order valence-corrected chi connectivity index (χ3v) is 4.82. The molecular formula is C17H25N3O2S. The number of nitrogens with zero attached hydrogens (tertiary/aromatic N) is 3. The molecule has 2 aromatic rings. The Morgan fingerprint density at radius 1 is 1.26 bits per heavy atom.